The Labute approximate surface area is 94.7 Å². The summed E-state index contributed by atoms with van der Waals surface area (Å²) < 4.78 is 4.94. The number of halogens is 1. The number of alkyl halides is 1. The van der Waals surface area contributed by atoms with Gasteiger partial charge in [-0.05, 0) is 5.92 Å². The number of ether oxygens (including phenoxy) is 1. The predicted octanol–water partition coefficient (Wildman–Crippen LogP) is 1.95. The Morgan fingerprint density at radius 1 is 1.57 bits per heavy atom. The van der Waals surface area contributed by atoms with E-state index in [1.165, 1.54) is 0 Å². The van der Waals surface area contributed by atoms with Crippen LogP contribution in [0.2, 0.25) is 0 Å². The summed E-state index contributed by atoms with van der Waals surface area (Å²) in [5, 5.41) is 2.87. The fraction of sp³-hybridized carbons (Fsp3) is 0.900. The molecule has 0 aliphatic rings. The smallest absolute Gasteiger partial charge is 0.220 e. The van der Waals surface area contributed by atoms with Crippen LogP contribution in [0.5, 0.6) is 0 Å². The van der Waals surface area contributed by atoms with Crippen molar-refractivity contribution in [3.8, 4) is 0 Å². The van der Waals surface area contributed by atoms with E-state index in [0.717, 1.165) is 6.42 Å². The predicted molar refractivity (Wildman–Crippen MR) is 61.7 cm³/mol. The minimum absolute atomic E-state index is 0.125. The number of hydrogen-bond donors (Lipinski definition) is 1. The third-order valence-corrected chi connectivity index (χ3v) is 2.69. The molecule has 0 heterocycles. The van der Waals surface area contributed by atoms with Crippen LogP contribution in [0.1, 0.15) is 26.7 Å². The first-order valence-electron chi connectivity index (χ1n) is 4.99. The standard InChI is InChI=1S/C10H20BrNO2/c1-4-8(2)5-10(13)12-6-9(11)7-14-3/h8-9H,4-7H2,1-3H3,(H,12,13). The first-order valence-corrected chi connectivity index (χ1v) is 5.91. The molecule has 0 aliphatic heterocycles. The summed E-state index contributed by atoms with van der Waals surface area (Å²) in [6.07, 6.45) is 1.66. The summed E-state index contributed by atoms with van der Waals surface area (Å²) in [4.78, 5) is 11.6. The van der Waals surface area contributed by atoms with Gasteiger partial charge in [-0.1, -0.05) is 36.2 Å². The molecule has 2 atom stereocenters. The van der Waals surface area contributed by atoms with E-state index in [1.807, 2.05) is 0 Å². The molecule has 14 heavy (non-hydrogen) atoms. The van der Waals surface area contributed by atoms with Crippen LogP contribution in [0, 0.1) is 5.92 Å². The molecule has 0 aliphatic carbocycles. The lowest BCUT2D eigenvalue weighted by Crippen LogP contribution is -2.32. The van der Waals surface area contributed by atoms with Gasteiger partial charge in [-0.3, -0.25) is 4.79 Å². The Kier molecular flexibility index (Phi) is 8.18. The van der Waals surface area contributed by atoms with E-state index in [2.05, 4.69) is 35.1 Å². The molecule has 84 valence electrons. The number of carbonyl (C=O) groups is 1. The SMILES string of the molecule is CCC(C)CC(=O)NCC(Br)COC. The zero-order valence-corrected chi connectivity index (χ0v) is 10.8. The summed E-state index contributed by atoms with van der Waals surface area (Å²) in [6.45, 7) is 5.42. The zero-order chi connectivity index (χ0) is 11.0. The van der Waals surface area contributed by atoms with Crippen molar-refractivity contribution < 1.29 is 9.53 Å². The van der Waals surface area contributed by atoms with Gasteiger partial charge in [-0.15, -0.1) is 0 Å². The van der Waals surface area contributed by atoms with Crippen molar-refractivity contribution in [3.05, 3.63) is 0 Å². The van der Waals surface area contributed by atoms with Gasteiger partial charge in [0.25, 0.3) is 0 Å². The largest absolute Gasteiger partial charge is 0.383 e. The molecule has 0 aromatic rings. The molecule has 0 spiro atoms. The molecule has 2 unspecified atom stereocenters. The van der Waals surface area contributed by atoms with Crippen molar-refractivity contribution in [1.82, 2.24) is 5.32 Å². The lowest BCUT2D eigenvalue weighted by Gasteiger charge is -2.12. The number of amides is 1. The molecule has 0 saturated heterocycles. The normalized spacial score (nSPS) is 14.9. The zero-order valence-electron chi connectivity index (χ0n) is 9.18. The van der Waals surface area contributed by atoms with E-state index in [1.54, 1.807) is 7.11 Å². The number of nitrogens with one attached hydrogen (secondary N) is 1. The molecule has 0 bridgehead atoms. The lowest BCUT2D eigenvalue weighted by atomic mass is 10.1. The van der Waals surface area contributed by atoms with Crippen molar-refractivity contribution in [3.63, 3.8) is 0 Å². The Balaban J connectivity index is 3.53. The van der Waals surface area contributed by atoms with Crippen LogP contribution in [-0.2, 0) is 9.53 Å². The van der Waals surface area contributed by atoms with Crippen LogP contribution in [0.4, 0.5) is 0 Å². The van der Waals surface area contributed by atoms with Crippen LogP contribution in [0.15, 0.2) is 0 Å². The molecular weight excluding hydrogens is 246 g/mol. The van der Waals surface area contributed by atoms with E-state index >= 15 is 0 Å². The maximum absolute atomic E-state index is 11.3. The van der Waals surface area contributed by atoms with Crippen LogP contribution < -0.4 is 5.32 Å². The minimum Gasteiger partial charge on any atom is -0.383 e. The summed E-state index contributed by atoms with van der Waals surface area (Å²) in [7, 11) is 1.65. The second kappa shape index (κ2) is 8.24. The van der Waals surface area contributed by atoms with E-state index in [9.17, 15) is 4.79 Å². The average Bonchev–Trinajstić information content (AvgIpc) is 2.15. The van der Waals surface area contributed by atoms with Crippen molar-refractivity contribution >= 4 is 21.8 Å². The Hall–Kier alpha value is -0.0900. The van der Waals surface area contributed by atoms with Crippen LogP contribution in [-0.4, -0.2) is 31.0 Å². The molecule has 0 aromatic heterocycles. The summed E-state index contributed by atoms with van der Waals surface area (Å²) in [5.74, 6) is 0.589. The highest BCUT2D eigenvalue weighted by molar-refractivity contribution is 9.09. The molecule has 1 amide bonds. The van der Waals surface area contributed by atoms with Crippen molar-refractivity contribution in [1.29, 1.82) is 0 Å². The molecule has 0 aromatic carbocycles. The average molecular weight is 266 g/mol. The fourth-order valence-electron chi connectivity index (χ4n) is 0.997. The summed E-state index contributed by atoms with van der Waals surface area (Å²) in [6, 6.07) is 0. The fourth-order valence-corrected chi connectivity index (χ4v) is 1.42. The minimum atomic E-state index is 0.125. The van der Waals surface area contributed by atoms with Gasteiger partial charge in [0.05, 0.1) is 11.4 Å². The molecule has 0 fully saturated rings. The first kappa shape index (κ1) is 13.9. The third kappa shape index (κ3) is 7.33. The second-order valence-corrected chi connectivity index (χ2v) is 4.87. The highest BCUT2D eigenvalue weighted by Gasteiger charge is 2.09. The molecule has 0 saturated carbocycles. The van der Waals surface area contributed by atoms with Crippen LogP contribution in [0.25, 0.3) is 0 Å². The van der Waals surface area contributed by atoms with Crippen LogP contribution >= 0.6 is 15.9 Å². The van der Waals surface area contributed by atoms with Gasteiger partial charge in [0.2, 0.25) is 5.91 Å². The van der Waals surface area contributed by atoms with Gasteiger partial charge in [0.1, 0.15) is 0 Å². The van der Waals surface area contributed by atoms with E-state index in [-0.39, 0.29) is 10.7 Å². The van der Waals surface area contributed by atoms with Crippen molar-refractivity contribution in [2.75, 3.05) is 20.3 Å². The number of carbonyl (C=O) groups excluding carboxylic acids is 1. The third-order valence-electron chi connectivity index (χ3n) is 2.10. The number of hydrogen-bond acceptors (Lipinski definition) is 2. The highest BCUT2D eigenvalue weighted by atomic mass is 79.9. The van der Waals surface area contributed by atoms with E-state index in [0.29, 0.717) is 25.5 Å². The maximum atomic E-state index is 11.3. The monoisotopic (exact) mass is 265 g/mol. The summed E-state index contributed by atoms with van der Waals surface area (Å²) >= 11 is 3.41. The molecule has 0 rings (SSSR count). The van der Waals surface area contributed by atoms with Crippen LogP contribution in [0.3, 0.4) is 0 Å². The van der Waals surface area contributed by atoms with Gasteiger partial charge in [0, 0.05) is 20.1 Å². The molecule has 3 nitrogen and oxygen atoms in total. The van der Waals surface area contributed by atoms with Gasteiger partial charge >= 0.3 is 0 Å². The van der Waals surface area contributed by atoms with Gasteiger partial charge in [-0.2, -0.15) is 0 Å². The quantitative estimate of drug-likeness (QED) is 0.715. The van der Waals surface area contributed by atoms with E-state index in [4.69, 9.17) is 4.74 Å². The molecule has 1 N–H and O–H groups in total. The number of methoxy groups -OCH3 is 1. The van der Waals surface area contributed by atoms with Crippen molar-refractivity contribution in [2.45, 2.75) is 31.5 Å². The second-order valence-electron chi connectivity index (χ2n) is 3.57. The summed E-state index contributed by atoms with van der Waals surface area (Å²) in [5.41, 5.74) is 0. The van der Waals surface area contributed by atoms with Gasteiger partial charge in [0.15, 0.2) is 0 Å². The van der Waals surface area contributed by atoms with E-state index < -0.39 is 0 Å². The van der Waals surface area contributed by atoms with Crippen molar-refractivity contribution in [2.24, 2.45) is 5.92 Å². The number of rotatable bonds is 7. The lowest BCUT2D eigenvalue weighted by molar-refractivity contribution is -0.121. The highest BCUT2D eigenvalue weighted by Crippen LogP contribution is 2.06. The molecular formula is C10H20BrNO2. The van der Waals surface area contributed by atoms with Gasteiger partial charge in [-0.25, -0.2) is 0 Å². The Bertz CT molecular complexity index is 164. The Morgan fingerprint density at radius 3 is 2.71 bits per heavy atom. The first-order chi connectivity index (χ1) is 6.60. The van der Waals surface area contributed by atoms with Gasteiger partial charge < -0.3 is 10.1 Å². The molecule has 0 radical (unpaired) electrons. The maximum Gasteiger partial charge on any atom is 0.220 e. The topological polar surface area (TPSA) is 38.3 Å². The Morgan fingerprint density at radius 2 is 2.21 bits per heavy atom. The molecule has 4 heteroatoms.